The second-order valence-electron chi connectivity index (χ2n) is 4.48. The van der Waals surface area contributed by atoms with Crippen molar-refractivity contribution in [2.45, 2.75) is 32.1 Å². The van der Waals surface area contributed by atoms with E-state index in [1.807, 2.05) is 0 Å². The van der Waals surface area contributed by atoms with E-state index in [1.165, 1.54) is 0 Å². The number of hydrogen-bond acceptors (Lipinski definition) is 3. The van der Waals surface area contributed by atoms with Gasteiger partial charge in [-0.3, -0.25) is 9.59 Å². The fourth-order valence-electron chi connectivity index (χ4n) is 2.82. The Morgan fingerprint density at radius 1 is 1.40 bits per heavy atom. The molecule has 1 heterocycles. The monoisotopic (exact) mass is 212 g/mol. The van der Waals surface area contributed by atoms with Gasteiger partial charge in [-0.2, -0.15) is 0 Å². The molecule has 1 aliphatic carbocycles. The van der Waals surface area contributed by atoms with Crippen LogP contribution >= 0.6 is 0 Å². The van der Waals surface area contributed by atoms with Crippen LogP contribution in [-0.2, 0) is 14.3 Å². The van der Waals surface area contributed by atoms with Crippen LogP contribution in [0.3, 0.4) is 0 Å². The van der Waals surface area contributed by atoms with Crippen LogP contribution < -0.4 is 0 Å². The third-order valence-corrected chi connectivity index (χ3v) is 3.73. The van der Waals surface area contributed by atoms with Crippen LogP contribution in [0.15, 0.2) is 0 Å². The molecule has 4 nitrogen and oxygen atoms in total. The highest BCUT2D eigenvalue weighted by Crippen LogP contribution is 2.43. The number of rotatable bonds is 2. The molecule has 4 heteroatoms. The summed E-state index contributed by atoms with van der Waals surface area (Å²) in [6.45, 7) is 0.451. The second-order valence-corrected chi connectivity index (χ2v) is 4.48. The first-order chi connectivity index (χ1) is 7.18. The standard InChI is InChI=1S/C11H16O4/c12-9-5-6-15-7-11(9,10(13)14)8-3-1-2-4-8/h8H,1-7H2,(H,13,14). The van der Waals surface area contributed by atoms with Crippen LogP contribution in [0.4, 0.5) is 0 Å². The lowest BCUT2D eigenvalue weighted by Gasteiger charge is -2.36. The molecule has 1 atom stereocenters. The molecular formula is C11H16O4. The van der Waals surface area contributed by atoms with Crippen molar-refractivity contribution in [1.82, 2.24) is 0 Å². The van der Waals surface area contributed by atoms with E-state index in [9.17, 15) is 14.7 Å². The van der Waals surface area contributed by atoms with Gasteiger partial charge in [0.05, 0.1) is 13.2 Å². The molecule has 1 saturated carbocycles. The summed E-state index contributed by atoms with van der Waals surface area (Å²) in [4.78, 5) is 23.3. The highest BCUT2D eigenvalue weighted by Gasteiger charge is 2.53. The van der Waals surface area contributed by atoms with E-state index in [0.29, 0.717) is 6.61 Å². The lowest BCUT2D eigenvalue weighted by atomic mass is 9.70. The van der Waals surface area contributed by atoms with Gasteiger partial charge < -0.3 is 9.84 Å². The number of carbonyl (C=O) groups excluding carboxylic acids is 1. The lowest BCUT2D eigenvalue weighted by Crippen LogP contribution is -2.51. The Morgan fingerprint density at radius 3 is 2.60 bits per heavy atom. The number of carboxylic acids is 1. The summed E-state index contributed by atoms with van der Waals surface area (Å²) in [7, 11) is 0. The first-order valence-electron chi connectivity index (χ1n) is 5.52. The zero-order chi connectivity index (χ0) is 10.9. The maximum absolute atomic E-state index is 11.9. The van der Waals surface area contributed by atoms with Gasteiger partial charge in [0.2, 0.25) is 0 Å². The SMILES string of the molecule is O=C(O)C1(C2CCCC2)COCCC1=O. The van der Waals surface area contributed by atoms with E-state index in [-0.39, 0.29) is 24.7 Å². The topological polar surface area (TPSA) is 63.6 Å². The molecule has 0 spiro atoms. The Bertz CT molecular complexity index is 280. The van der Waals surface area contributed by atoms with Crippen molar-refractivity contribution in [3.63, 3.8) is 0 Å². The van der Waals surface area contributed by atoms with Crippen LogP contribution in [0.1, 0.15) is 32.1 Å². The Hall–Kier alpha value is -0.900. The van der Waals surface area contributed by atoms with E-state index < -0.39 is 11.4 Å². The molecule has 2 aliphatic rings. The molecule has 0 amide bonds. The number of hydrogen-bond donors (Lipinski definition) is 1. The molecule has 0 aromatic heterocycles. The fourth-order valence-corrected chi connectivity index (χ4v) is 2.82. The molecule has 0 aromatic rings. The molecule has 84 valence electrons. The summed E-state index contributed by atoms with van der Waals surface area (Å²) >= 11 is 0. The molecule has 0 aromatic carbocycles. The number of ketones is 1. The average molecular weight is 212 g/mol. The van der Waals surface area contributed by atoms with Crippen LogP contribution in [0, 0.1) is 11.3 Å². The lowest BCUT2D eigenvalue weighted by molar-refractivity contribution is -0.169. The molecule has 1 saturated heterocycles. The number of carbonyl (C=O) groups is 2. The minimum Gasteiger partial charge on any atom is -0.480 e. The molecular weight excluding hydrogens is 196 g/mol. The number of carboxylic acid groups (broad SMARTS) is 1. The van der Waals surface area contributed by atoms with Crippen molar-refractivity contribution < 1.29 is 19.4 Å². The molecule has 1 unspecified atom stereocenters. The summed E-state index contributed by atoms with van der Waals surface area (Å²) in [5, 5.41) is 9.32. The molecule has 0 bridgehead atoms. The summed E-state index contributed by atoms with van der Waals surface area (Å²) in [6.07, 6.45) is 4.02. The van der Waals surface area contributed by atoms with Gasteiger partial charge in [0.15, 0.2) is 11.2 Å². The number of Topliss-reactive ketones (excluding diaryl/α,β-unsaturated/α-hetero) is 1. The van der Waals surface area contributed by atoms with Crippen molar-refractivity contribution >= 4 is 11.8 Å². The highest BCUT2D eigenvalue weighted by atomic mass is 16.5. The van der Waals surface area contributed by atoms with Crippen LogP contribution in [0.2, 0.25) is 0 Å². The fraction of sp³-hybridized carbons (Fsp3) is 0.818. The van der Waals surface area contributed by atoms with Gasteiger partial charge >= 0.3 is 5.97 Å². The third kappa shape index (κ3) is 1.57. The maximum Gasteiger partial charge on any atom is 0.319 e. The van der Waals surface area contributed by atoms with Gasteiger partial charge in [-0.1, -0.05) is 12.8 Å². The number of ether oxygens (including phenoxy) is 1. The van der Waals surface area contributed by atoms with E-state index >= 15 is 0 Å². The Labute approximate surface area is 88.6 Å². The first-order valence-corrected chi connectivity index (χ1v) is 5.52. The predicted molar refractivity (Wildman–Crippen MR) is 52.5 cm³/mol. The average Bonchev–Trinajstić information content (AvgIpc) is 2.71. The quantitative estimate of drug-likeness (QED) is 0.699. The van der Waals surface area contributed by atoms with Crippen LogP contribution in [-0.4, -0.2) is 30.1 Å². The molecule has 15 heavy (non-hydrogen) atoms. The van der Waals surface area contributed by atoms with Crippen molar-refractivity contribution in [2.24, 2.45) is 11.3 Å². The van der Waals surface area contributed by atoms with E-state index in [4.69, 9.17) is 4.74 Å². The largest absolute Gasteiger partial charge is 0.480 e. The van der Waals surface area contributed by atoms with E-state index in [1.54, 1.807) is 0 Å². The third-order valence-electron chi connectivity index (χ3n) is 3.73. The second kappa shape index (κ2) is 3.93. The van der Waals surface area contributed by atoms with Crippen molar-refractivity contribution in [3.05, 3.63) is 0 Å². The van der Waals surface area contributed by atoms with Crippen LogP contribution in [0.25, 0.3) is 0 Å². The normalized spacial score (nSPS) is 33.2. The summed E-state index contributed by atoms with van der Waals surface area (Å²) < 4.78 is 5.23. The van der Waals surface area contributed by atoms with Gasteiger partial charge in [0.25, 0.3) is 0 Å². The summed E-state index contributed by atoms with van der Waals surface area (Å²) in [6, 6.07) is 0. The van der Waals surface area contributed by atoms with Gasteiger partial charge in [0.1, 0.15) is 0 Å². The summed E-state index contributed by atoms with van der Waals surface area (Å²) in [5.74, 6) is -1.13. The van der Waals surface area contributed by atoms with Crippen molar-refractivity contribution in [2.75, 3.05) is 13.2 Å². The van der Waals surface area contributed by atoms with Gasteiger partial charge in [-0.25, -0.2) is 0 Å². The summed E-state index contributed by atoms with van der Waals surface area (Å²) in [5.41, 5.74) is -1.23. The highest BCUT2D eigenvalue weighted by molar-refractivity contribution is 6.04. The Balaban J connectivity index is 2.29. The molecule has 0 radical (unpaired) electrons. The Morgan fingerprint density at radius 2 is 2.07 bits per heavy atom. The predicted octanol–water partition coefficient (Wildman–Crippen LogP) is 1.24. The first kappa shape index (κ1) is 10.6. The zero-order valence-corrected chi connectivity index (χ0v) is 8.70. The van der Waals surface area contributed by atoms with Gasteiger partial charge in [-0.05, 0) is 18.8 Å². The van der Waals surface area contributed by atoms with E-state index in [2.05, 4.69) is 0 Å². The van der Waals surface area contributed by atoms with E-state index in [0.717, 1.165) is 25.7 Å². The minimum atomic E-state index is -1.23. The maximum atomic E-state index is 11.9. The zero-order valence-electron chi connectivity index (χ0n) is 8.70. The van der Waals surface area contributed by atoms with Crippen LogP contribution in [0.5, 0.6) is 0 Å². The number of aliphatic carboxylic acids is 1. The minimum absolute atomic E-state index is 0.0113. The smallest absolute Gasteiger partial charge is 0.319 e. The van der Waals surface area contributed by atoms with Gasteiger partial charge in [0, 0.05) is 6.42 Å². The van der Waals surface area contributed by atoms with Crippen molar-refractivity contribution in [3.8, 4) is 0 Å². The Kier molecular flexibility index (Phi) is 2.78. The molecule has 2 rings (SSSR count). The molecule has 1 N–H and O–H groups in total. The molecule has 2 fully saturated rings. The molecule has 1 aliphatic heterocycles. The van der Waals surface area contributed by atoms with Crippen molar-refractivity contribution in [1.29, 1.82) is 0 Å². The van der Waals surface area contributed by atoms with Gasteiger partial charge in [-0.15, -0.1) is 0 Å².